The average molecular weight is 305 g/mol. The average Bonchev–Trinajstić information content (AvgIpc) is 2.87. The third kappa shape index (κ3) is 2.35. The number of hydrogen-bond donors (Lipinski definition) is 1. The van der Waals surface area contributed by atoms with Crippen LogP contribution in [0.1, 0.15) is 10.4 Å². The summed E-state index contributed by atoms with van der Waals surface area (Å²) in [6.07, 6.45) is 0. The largest absolute Gasteiger partial charge is 0.478 e. The first kappa shape index (κ1) is 13.0. The molecule has 3 rings (SSSR count). The van der Waals surface area contributed by atoms with Gasteiger partial charge in [0.2, 0.25) is 0 Å². The molecule has 0 atom stereocenters. The van der Waals surface area contributed by atoms with Crippen LogP contribution in [0.15, 0.2) is 47.8 Å². The van der Waals surface area contributed by atoms with Crippen molar-refractivity contribution in [2.45, 2.75) is 0 Å². The molecule has 0 aliphatic heterocycles. The molecule has 0 spiro atoms. The van der Waals surface area contributed by atoms with Gasteiger partial charge in [-0.1, -0.05) is 23.7 Å². The van der Waals surface area contributed by atoms with E-state index in [0.717, 1.165) is 15.8 Å². The second-order valence-corrected chi connectivity index (χ2v) is 5.47. The molecule has 0 saturated carbocycles. The van der Waals surface area contributed by atoms with Gasteiger partial charge in [0.25, 0.3) is 0 Å². The van der Waals surface area contributed by atoms with E-state index in [-0.39, 0.29) is 10.6 Å². The highest BCUT2D eigenvalue weighted by molar-refractivity contribution is 7.17. The number of rotatable bonds is 3. The van der Waals surface area contributed by atoms with Gasteiger partial charge in [-0.15, -0.1) is 11.3 Å². The number of thiophene rings is 1. The summed E-state index contributed by atoms with van der Waals surface area (Å²) in [4.78, 5) is 10.9. The molecule has 0 saturated heterocycles. The molecular formula is C15H9ClO3S. The summed E-state index contributed by atoms with van der Waals surface area (Å²) in [7, 11) is 0. The molecule has 3 aromatic rings. The second-order valence-electron chi connectivity index (χ2n) is 4.14. The Balaban J connectivity index is 1.97. The number of ether oxygens (including phenoxy) is 1. The van der Waals surface area contributed by atoms with Crippen LogP contribution in [0.2, 0.25) is 5.02 Å². The molecule has 20 heavy (non-hydrogen) atoms. The molecule has 2 aromatic carbocycles. The van der Waals surface area contributed by atoms with E-state index in [2.05, 4.69) is 0 Å². The van der Waals surface area contributed by atoms with Crippen LogP contribution >= 0.6 is 22.9 Å². The van der Waals surface area contributed by atoms with Gasteiger partial charge < -0.3 is 9.84 Å². The molecule has 0 radical (unpaired) electrons. The molecule has 1 heterocycles. The minimum Gasteiger partial charge on any atom is -0.478 e. The number of carboxylic acids is 1. The second kappa shape index (κ2) is 5.15. The van der Waals surface area contributed by atoms with E-state index in [0.29, 0.717) is 5.75 Å². The van der Waals surface area contributed by atoms with Crippen LogP contribution in [0.3, 0.4) is 0 Å². The van der Waals surface area contributed by atoms with Gasteiger partial charge in [-0.05, 0) is 35.0 Å². The lowest BCUT2D eigenvalue weighted by Crippen LogP contribution is -1.97. The number of hydrogen-bond acceptors (Lipinski definition) is 3. The third-order valence-electron chi connectivity index (χ3n) is 2.84. The van der Waals surface area contributed by atoms with E-state index < -0.39 is 5.97 Å². The highest BCUT2D eigenvalue weighted by Gasteiger charge is 2.11. The van der Waals surface area contributed by atoms with Crippen molar-refractivity contribution >= 4 is 39.0 Å². The van der Waals surface area contributed by atoms with Crippen molar-refractivity contribution < 1.29 is 14.6 Å². The number of carbonyl (C=O) groups is 1. The van der Waals surface area contributed by atoms with Crippen molar-refractivity contribution in [3.8, 4) is 11.5 Å². The van der Waals surface area contributed by atoms with E-state index in [9.17, 15) is 4.79 Å². The normalized spacial score (nSPS) is 10.7. The van der Waals surface area contributed by atoms with Gasteiger partial charge in [0.1, 0.15) is 11.5 Å². The summed E-state index contributed by atoms with van der Waals surface area (Å²) in [6.45, 7) is 0. The summed E-state index contributed by atoms with van der Waals surface area (Å²) in [5.74, 6) is 0.194. The maximum atomic E-state index is 10.9. The van der Waals surface area contributed by atoms with Gasteiger partial charge >= 0.3 is 5.97 Å². The highest BCUT2D eigenvalue weighted by Crippen LogP contribution is 2.34. The van der Waals surface area contributed by atoms with Crippen LogP contribution in [-0.2, 0) is 0 Å². The molecule has 0 aliphatic rings. The van der Waals surface area contributed by atoms with Crippen LogP contribution in [0.25, 0.3) is 10.1 Å². The van der Waals surface area contributed by atoms with Gasteiger partial charge in [0.05, 0.1) is 15.3 Å². The summed E-state index contributed by atoms with van der Waals surface area (Å²) >= 11 is 7.52. The maximum Gasteiger partial charge on any atom is 0.337 e. The lowest BCUT2D eigenvalue weighted by molar-refractivity contribution is 0.0697. The lowest BCUT2D eigenvalue weighted by Gasteiger charge is -2.08. The number of fused-ring (bicyclic) bond motifs is 1. The molecule has 5 heteroatoms. The lowest BCUT2D eigenvalue weighted by atomic mass is 10.2. The molecule has 1 N–H and O–H groups in total. The van der Waals surface area contributed by atoms with Crippen LogP contribution in [0.4, 0.5) is 0 Å². The van der Waals surface area contributed by atoms with E-state index >= 15 is 0 Å². The monoisotopic (exact) mass is 304 g/mol. The Kier molecular flexibility index (Phi) is 3.34. The van der Waals surface area contributed by atoms with Crippen LogP contribution in [0.5, 0.6) is 11.5 Å². The minimum absolute atomic E-state index is 0.0633. The third-order valence-corrected chi connectivity index (χ3v) is 4.10. The fourth-order valence-electron chi connectivity index (χ4n) is 1.91. The molecular weight excluding hydrogens is 296 g/mol. The Hall–Kier alpha value is -2.04. The van der Waals surface area contributed by atoms with E-state index in [1.165, 1.54) is 12.1 Å². The van der Waals surface area contributed by atoms with Gasteiger partial charge in [-0.2, -0.15) is 0 Å². The summed E-state index contributed by atoms with van der Waals surface area (Å²) in [5, 5.41) is 12.2. The van der Waals surface area contributed by atoms with Crippen molar-refractivity contribution in [2.24, 2.45) is 0 Å². The predicted molar refractivity (Wildman–Crippen MR) is 80.3 cm³/mol. The van der Waals surface area contributed by atoms with Crippen molar-refractivity contribution in [3.63, 3.8) is 0 Å². The zero-order chi connectivity index (χ0) is 14.1. The number of halogens is 1. The van der Waals surface area contributed by atoms with Gasteiger partial charge in [-0.25, -0.2) is 4.79 Å². The van der Waals surface area contributed by atoms with Crippen LogP contribution < -0.4 is 4.74 Å². The first-order chi connectivity index (χ1) is 9.65. The first-order valence-electron chi connectivity index (χ1n) is 5.82. The molecule has 0 unspecified atom stereocenters. The van der Waals surface area contributed by atoms with Crippen molar-refractivity contribution in [2.75, 3.05) is 0 Å². The Morgan fingerprint density at radius 2 is 2.05 bits per heavy atom. The van der Waals surface area contributed by atoms with E-state index in [1.54, 1.807) is 17.4 Å². The van der Waals surface area contributed by atoms with Gasteiger partial charge in [-0.3, -0.25) is 0 Å². The van der Waals surface area contributed by atoms with E-state index in [4.69, 9.17) is 21.4 Å². The zero-order valence-electron chi connectivity index (χ0n) is 10.2. The quantitative estimate of drug-likeness (QED) is 0.737. The Morgan fingerprint density at radius 3 is 2.80 bits per heavy atom. The fraction of sp³-hybridized carbons (Fsp3) is 0. The molecule has 0 amide bonds. The standard InChI is InChI=1S/C15H9ClO3S/c16-12-8-10(4-5-11(12)15(17)18)19-13-3-1-2-9-6-7-20-14(9)13/h1-8H,(H,17,18). The van der Waals surface area contributed by atoms with Crippen LogP contribution in [0, 0.1) is 0 Å². The molecule has 0 bridgehead atoms. The molecule has 0 fully saturated rings. The van der Waals surface area contributed by atoms with Crippen LogP contribution in [-0.4, -0.2) is 11.1 Å². The smallest absolute Gasteiger partial charge is 0.337 e. The maximum absolute atomic E-state index is 10.9. The molecule has 3 nitrogen and oxygen atoms in total. The predicted octanol–water partition coefficient (Wildman–Crippen LogP) is 5.05. The zero-order valence-corrected chi connectivity index (χ0v) is 11.7. The van der Waals surface area contributed by atoms with Gasteiger partial charge in [0.15, 0.2) is 0 Å². The Morgan fingerprint density at radius 1 is 1.20 bits per heavy atom. The topological polar surface area (TPSA) is 46.5 Å². The molecule has 1 aromatic heterocycles. The Bertz CT molecular complexity index is 795. The Labute approximate surface area is 124 Å². The van der Waals surface area contributed by atoms with Crippen molar-refractivity contribution in [3.05, 3.63) is 58.4 Å². The molecule has 0 aliphatic carbocycles. The summed E-state index contributed by atoms with van der Waals surface area (Å²) < 4.78 is 6.85. The number of carboxylic acid groups (broad SMARTS) is 1. The number of aromatic carboxylic acids is 1. The van der Waals surface area contributed by atoms with Crippen molar-refractivity contribution in [1.82, 2.24) is 0 Å². The SMILES string of the molecule is O=C(O)c1ccc(Oc2cccc3ccsc23)cc1Cl. The molecule has 100 valence electrons. The summed E-state index contributed by atoms with van der Waals surface area (Å²) in [6, 6.07) is 12.4. The summed E-state index contributed by atoms with van der Waals surface area (Å²) in [5.41, 5.74) is 0.0633. The van der Waals surface area contributed by atoms with E-state index in [1.807, 2.05) is 29.6 Å². The minimum atomic E-state index is -1.05. The van der Waals surface area contributed by atoms with Gasteiger partial charge in [0, 0.05) is 6.07 Å². The number of benzene rings is 2. The fourth-order valence-corrected chi connectivity index (χ4v) is 3.01. The van der Waals surface area contributed by atoms with Crippen molar-refractivity contribution in [1.29, 1.82) is 0 Å². The first-order valence-corrected chi connectivity index (χ1v) is 7.08. The highest BCUT2D eigenvalue weighted by atomic mass is 35.5.